The number of esters is 1. The largest absolute Gasteiger partial charge is 0.460 e. The lowest BCUT2D eigenvalue weighted by Gasteiger charge is -2.36. The molecule has 180 valence electrons. The Hall–Kier alpha value is -2.99. The van der Waals surface area contributed by atoms with Gasteiger partial charge in [-0.2, -0.15) is 0 Å². The molecule has 4 N–H and O–H groups in total. The molecule has 0 aromatic carbocycles. The fraction of sp³-hybridized carbons (Fsp3) is 0.571. The van der Waals surface area contributed by atoms with Gasteiger partial charge in [0.1, 0.15) is 23.7 Å². The van der Waals surface area contributed by atoms with Gasteiger partial charge in [-0.3, -0.25) is 19.3 Å². The van der Waals surface area contributed by atoms with Gasteiger partial charge in [-0.05, 0) is 31.2 Å². The van der Waals surface area contributed by atoms with E-state index in [4.69, 9.17) is 15.2 Å². The van der Waals surface area contributed by atoms with Crippen LogP contribution < -0.4 is 16.4 Å². The maximum absolute atomic E-state index is 13.1. The fourth-order valence-electron chi connectivity index (χ4n) is 4.32. The van der Waals surface area contributed by atoms with Gasteiger partial charge < -0.3 is 25.8 Å². The molecule has 1 aliphatic heterocycles. The molecule has 33 heavy (non-hydrogen) atoms. The summed E-state index contributed by atoms with van der Waals surface area (Å²) in [6.45, 7) is 3.06. The van der Waals surface area contributed by atoms with E-state index in [2.05, 4.69) is 10.6 Å². The van der Waals surface area contributed by atoms with E-state index in [1.807, 2.05) is 6.92 Å². The molecule has 2 unspecified atom stereocenters. The summed E-state index contributed by atoms with van der Waals surface area (Å²) < 4.78 is 9.98. The van der Waals surface area contributed by atoms with Crippen LogP contribution in [0.2, 0.25) is 0 Å². The number of thiophene rings is 1. The molecule has 11 nitrogen and oxygen atoms in total. The Bertz CT molecular complexity index is 992. The van der Waals surface area contributed by atoms with Crippen LogP contribution in [0, 0.1) is 12.8 Å². The molecule has 12 heteroatoms. The Labute approximate surface area is 194 Å². The zero-order chi connectivity index (χ0) is 24.3. The van der Waals surface area contributed by atoms with E-state index in [9.17, 15) is 24.0 Å². The number of hydrogen-bond acceptors (Lipinski definition) is 8. The molecule has 2 aliphatic rings. The van der Waals surface area contributed by atoms with Gasteiger partial charge in [-0.25, -0.2) is 9.59 Å². The molecule has 2 heterocycles. The number of imide groups is 1. The van der Waals surface area contributed by atoms with E-state index in [0.717, 1.165) is 35.5 Å². The van der Waals surface area contributed by atoms with Gasteiger partial charge in [0, 0.05) is 7.11 Å². The van der Waals surface area contributed by atoms with Crippen molar-refractivity contribution in [1.29, 1.82) is 0 Å². The maximum atomic E-state index is 13.1. The van der Waals surface area contributed by atoms with Crippen LogP contribution in [-0.4, -0.2) is 67.0 Å². The molecule has 1 aliphatic carbocycles. The standard InChI is InChI=1S/C21H28N4O7S/c1-11-6-4-5-7-21(11)19(29)25(20(30)24-21)10-13(26)23-17-14(18(28)32-9-8-31-3)12(2)15(33-17)16(22)27/h11H,4-10H2,1-3H3,(H2,22,27)(H,23,26)(H,24,30). The van der Waals surface area contributed by atoms with Crippen LogP contribution in [0.3, 0.4) is 0 Å². The molecule has 1 aromatic heterocycles. The molecule has 5 amide bonds. The lowest BCUT2D eigenvalue weighted by atomic mass is 9.73. The smallest absolute Gasteiger partial charge is 0.341 e. The van der Waals surface area contributed by atoms with Crippen LogP contribution in [0.5, 0.6) is 0 Å². The second kappa shape index (κ2) is 9.87. The third-order valence-electron chi connectivity index (χ3n) is 6.15. The number of carbonyl (C=O) groups is 5. The predicted molar refractivity (Wildman–Crippen MR) is 119 cm³/mol. The third-order valence-corrected chi connectivity index (χ3v) is 7.37. The maximum Gasteiger partial charge on any atom is 0.341 e. The molecular weight excluding hydrogens is 452 g/mol. The van der Waals surface area contributed by atoms with Crippen molar-refractivity contribution in [3.63, 3.8) is 0 Å². The minimum absolute atomic E-state index is 0.00664. The number of nitrogens with one attached hydrogen (secondary N) is 2. The fourth-order valence-corrected chi connectivity index (χ4v) is 5.38. The molecule has 2 atom stereocenters. The van der Waals surface area contributed by atoms with E-state index < -0.39 is 41.8 Å². The van der Waals surface area contributed by atoms with Crippen LogP contribution in [0.4, 0.5) is 9.80 Å². The van der Waals surface area contributed by atoms with Crippen LogP contribution in [0.15, 0.2) is 0 Å². The van der Waals surface area contributed by atoms with Crippen molar-refractivity contribution in [3.8, 4) is 0 Å². The summed E-state index contributed by atoms with van der Waals surface area (Å²) in [4.78, 5) is 63.7. The normalized spacial score (nSPS) is 22.4. The first-order chi connectivity index (χ1) is 15.6. The first-order valence-corrected chi connectivity index (χ1v) is 11.5. The zero-order valence-electron chi connectivity index (χ0n) is 18.8. The number of primary amides is 1. The molecule has 0 radical (unpaired) electrons. The Balaban J connectivity index is 1.78. The zero-order valence-corrected chi connectivity index (χ0v) is 19.6. The number of nitrogens with two attached hydrogens (primary N) is 1. The quantitative estimate of drug-likeness (QED) is 0.288. The summed E-state index contributed by atoms with van der Waals surface area (Å²) >= 11 is 0.829. The highest BCUT2D eigenvalue weighted by Gasteiger charge is 2.55. The van der Waals surface area contributed by atoms with Gasteiger partial charge >= 0.3 is 12.0 Å². The molecular formula is C21H28N4O7S. The van der Waals surface area contributed by atoms with E-state index in [1.54, 1.807) is 0 Å². The minimum Gasteiger partial charge on any atom is -0.460 e. The predicted octanol–water partition coefficient (Wildman–Crippen LogP) is 1.40. The monoisotopic (exact) mass is 480 g/mol. The van der Waals surface area contributed by atoms with E-state index in [1.165, 1.54) is 14.0 Å². The molecule has 1 saturated carbocycles. The second-order valence-electron chi connectivity index (χ2n) is 8.24. The summed E-state index contributed by atoms with van der Waals surface area (Å²) in [5.41, 5.74) is 4.68. The average Bonchev–Trinajstić information content (AvgIpc) is 3.20. The van der Waals surface area contributed by atoms with Gasteiger partial charge in [0.15, 0.2) is 0 Å². The van der Waals surface area contributed by atoms with Crippen LogP contribution in [0.1, 0.15) is 58.2 Å². The van der Waals surface area contributed by atoms with Crippen LogP contribution >= 0.6 is 11.3 Å². The average molecular weight is 481 g/mol. The topological polar surface area (TPSA) is 157 Å². The number of hydrogen-bond donors (Lipinski definition) is 3. The summed E-state index contributed by atoms with van der Waals surface area (Å²) in [6, 6.07) is -0.622. The number of methoxy groups -OCH3 is 1. The van der Waals surface area contributed by atoms with Crippen molar-refractivity contribution in [1.82, 2.24) is 10.2 Å². The van der Waals surface area contributed by atoms with Gasteiger partial charge in [0.25, 0.3) is 11.8 Å². The Kier molecular flexibility index (Phi) is 7.38. The highest BCUT2D eigenvalue weighted by Crippen LogP contribution is 2.38. The number of anilines is 1. The lowest BCUT2D eigenvalue weighted by Crippen LogP contribution is -2.54. The molecule has 1 aromatic rings. The second-order valence-corrected chi connectivity index (χ2v) is 9.26. The Morgan fingerprint density at radius 1 is 1.27 bits per heavy atom. The summed E-state index contributed by atoms with van der Waals surface area (Å²) in [6.07, 6.45) is 3.14. The SMILES string of the molecule is COCCOC(=O)c1c(NC(=O)CN2C(=O)NC3(CCCCC3C)C2=O)sc(C(N)=O)c1C. The van der Waals surface area contributed by atoms with Crippen molar-refractivity contribution >= 4 is 46.1 Å². The first kappa shape index (κ1) is 24.6. The van der Waals surface area contributed by atoms with E-state index >= 15 is 0 Å². The third kappa shape index (κ3) is 4.71. The number of nitrogens with zero attached hydrogens (tertiary/aromatic N) is 1. The van der Waals surface area contributed by atoms with Crippen molar-refractivity contribution in [2.45, 2.75) is 45.1 Å². The minimum atomic E-state index is -0.982. The Morgan fingerprint density at radius 3 is 2.64 bits per heavy atom. The van der Waals surface area contributed by atoms with Gasteiger partial charge in [-0.15, -0.1) is 11.3 Å². The summed E-state index contributed by atoms with van der Waals surface area (Å²) in [5, 5.41) is 5.38. The van der Waals surface area contributed by atoms with Gasteiger partial charge in [0.2, 0.25) is 5.91 Å². The van der Waals surface area contributed by atoms with Crippen LogP contribution in [0.25, 0.3) is 0 Å². The highest BCUT2D eigenvalue weighted by atomic mass is 32.1. The number of urea groups is 1. The Morgan fingerprint density at radius 2 is 2.00 bits per heavy atom. The lowest BCUT2D eigenvalue weighted by molar-refractivity contribution is -0.136. The molecule has 1 saturated heterocycles. The number of rotatable bonds is 8. The van der Waals surface area contributed by atoms with E-state index in [-0.39, 0.29) is 40.1 Å². The first-order valence-electron chi connectivity index (χ1n) is 10.7. The number of carbonyl (C=O) groups excluding carboxylic acids is 5. The van der Waals surface area contributed by atoms with E-state index in [0.29, 0.717) is 6.42 Å². The molecule has 0 bridgehead atoms. The number of amides is 5. The summed E-state index contributed by atoms with van der Waals surface area (Å²) in [5.74, 6) is -2.67. The van der Waals surface area contributed by atoms with Gasteiger partial charge in [0.05, 0.1) is 17.0 Å². The van der Waals surface area contributed by atoms with Crippen molar-refractivity contribution in [2.75, 3.05) is 32.2 Å². The molecule has 3 rings (SSSR count). The van der Waals surface area contributed by atoms with Gasteiger partial charge in [-0.1, -0.05) is 19.8 Å². The molecule has 1 spiro atoms. The van der Waals surface area contributed by atoms with Crippen LogP contribution in [-0.2, 0) is 19.1 Å². The summed E-state index contributed by atoms with van der Waals surface area (Å²) in [7, 11) is 1.45. The highest BCUT2D eigenvalue weighted by molar-refractivity contribution is 7.18. The molecule has 2 fully saturated rings. The van der Waals surface area contributed by atoms with Crippen molar-refractivity contribution in [3.05, 3.63) is 16.0 Å². The van der Waals surface area contributed by atoms with Crippen molar-refractivity contribution in [2.24, 2.45) is 11.7 Å². The van der Waals surface area contributed by atoms with Crippen molar-refractivity contribution < 1.29 is 33.4 Å². The number of ether oxygens (including phenoxy) is 2.